The smallest absolute Gasteiger partial charge is 0.225 e. The van der Waals surface area contributed by atoms with Crippen LogP contribution >= 0.6 is 0 Å². The molecule has 0 saturated heterocycles. The molecule has 2 rings (SSSR count). The molecular weight excluding hydrogens is 296 g/mol. The summed E-state index contributed by atoms with van der Waals surface area (Å²) < 4.78 is 2.24. The van der Waals surface area contributed by atoms with Crippen molar-refractivity contribution in [2.75, 3.05) is 0 Å². The standard InChI is InChI=1S/C21H30N2O/c1-16(2)18(5)23(21(24)17(3)4)15-20-12-9-13-22(20)14-19-10-7-6-8-11-19/h6-13,16-18H,14-15H2,1-5H3. The van der Waals surface area contributed by atoms with E-state index in [1.54, 1.807) is 0 Å². The second-order valence-corrected chi connectivity index (χ2v) is 7.22. The molecule has 24 heavy (non-hydrogen) atoms. The van der Waals surface area contributed by atoms with Crippen molar-refractivity contribution < 1.29 is 4.79 Å². The number of aromatic nitrogens is 1. The molecule has 1 amide bonds. The fourth-order valence-electron chi connectivity index (χ4n) is 2.82. The highest BCUT2D eigenvalue weighted by molar-refractivity contribution is 5.78. The largest absolute Gasteiger partial charge is 0.345 e. The van der Waals surface area contributed by atoms with Crippen molar-refractivity contribution >= 4 is 5.91 Å². The number of nitrogens with zero attached hydrogens (tertiary/aromatic N) is 2. The summed E-state index contributed by atoms with van der Waals surface area (Å²) in [6.07, 6.45) is 2.10. The predicted molar refractivity (Wildman–Crippen MR) is 99.7 cm³/mol. The Bertz CT molecular complexity index is 643. The van der Waals surface area contributed by atoms with Crippen LogP contribution in [0.5, 0.6) is 0 Å². The topological polar surface area (TPSA) is 25.2 Å². The number of hydrogen-bond donors (Lipinski definition) is 0. The number of carbonyl (C=O) groups is 1. The van der Waals surface area contributed by atoms with E-state index in [0.717, 1.165) is 6.54 Å². The van der Waals surface area contributed by atoms with Crippen LogP contribution in [0, 0.1) is 11.8 Å². The summed E-state index contributed by atoms with van der Waals surface area (Å²) in [5.74, 6) is 0.678. The van der Waals surface area contributed by atoms with Crippen molar-refractivity contribution in [3.63, 3.8) is 0 Å². The predicted octanol–water partition coefficient (Wildman–Crippen LogP) is 4.57. The van der Waals surface area contributed by atoms with Gasteiger partial charge in [-0.15, -0.1) is 0 Å². The average Bonchev–Trinajstić information content (AvgIpc) is 2.99. The lowest BCUT2D eigenvalue weighted by molar-refractivity contribution is -0.138. The van der Waals surface area contributed by atoms with Crippen LogP contribution in [0.2, 0.25) is 0 Å². The van der Waals surface area contributed by atoms with Gasteiger partial charge in [0.25, 0.3) is 0 Å². The Kier molecular flexibility index (Phi) is 6.24. The van der Waals surface area contributed by atoms with E-state index in [2.05, 4.69) is 67.9 Å². The van der Waals surface area contributed by atoms with E-state index in [1.165, 1.54) is 11.3 Å². The maximum absolute atomic E-state index is 12.7. The highest BCUT2D eigenvalue weighted by Crippen LogP contribution is 2.19. The SMILES string of the molecule is CC(C)C(=O)N(Cc1cccn1Cc1ccccc1)C(C)C(C)C. The van der Waals surface area contributed by atoms with E-state index in [0.29, 0.717) is 12.5 Å². The second-order valence-electron chi connectivity index (χ2n) is 7.22. The van der Waals surface area contributed by atoms with E-state index in [-0.39, 0.29) is 17.9 Å². The number of rotatable bonds is 7. The molecule has 0 saturated carbocycles. The van der Waals surface area contributed by atoms with Crippen LogP contribution in [-0.4, -0.2) is 21.4 Å². The molecule has 1 atom stereocenters. The quantitative estimate of drug-likeness (QED) is 0.732. The number of carbonyl (C=O) groups excluding carboxylic acids is 1. The minimum atomic E-state index is 0.0173. The Labute approximate surface area is 146 Å². The molecule has 0 radical (unpaired) electrons. The zero-order chi connectivity index (χ0) is 17.7. The van der Waals surface area contributed by atoms with Crippen molar-refractivity contribution in [3.8, 4) is 0 Å². The van der Waals surface area contributed by atoms with Crippen LogP contribution in [0.1, 0.15) is 45.9 Å². The first kappa shape index (κ1) is 18.3. The van der Waals surface area contributed by atoms with Crippen LogP contribution in [0.15, 0.2) is 48.7 Å². The maximum Gasteiger partial charge on any atom is 0.225 e. The highest BCUT2D eigenvalue weighted by atomic mass is 16.2. The van der Waals surface area contributed by atoms with Crippen LogP contribution in [-0.2, 0) is 17.9 Å². The number of amides is 1. The Hall–Kier alpha value is -2.03. The Balaban J connectivity index is 2.21. The molecular formula is C21H30N2O. The van der Waals surface area contributed by atoms with Crippen molar-refractivity contribution in [1.82, 2.24) is 9.47 Å². The Morgan fingerprint density at radius 3 is 2.25 bits per heavy atom. The van der Waals surface area contributed by atoms with Gasteiger partial charge in [0.2, 0.25) is 5.91 Å². The van der Waals surface area contributed by atoms with Gasteiger partial charge in [0.1, 0.15) is 0 Å². The van der Waals surface area contributed by atoms with E-state index in [9.17, 15) is 4.79 Å². The van der Waals surface area contributed by atoms with Crippen LogP contribution < -0.4 is 0 Å². The van der Waals surface area contributed by atoms with Crippen LogP contribution in [0.3, 0.4) is 0 Å². The molecule has 3 heteroatoms. The first-order valence-electron chi connectivity index (χ1n) is 8.88. The summed E-state index contributed by atoms with van der Waals surface area (Å²) in [7, 11) is 0. The first-order chi connectivity index (χ1) is 11.4. The third-order valence-corrected chi connectivity index (χ3v) is 4.69. The summed E-state index contributed by atoms with van der Waals surface area (Å²) in [6.45, 7) is 12.0. The van der Waals surface area contributed by atoms with Gasteiger partial charge < -0.3 is 9.47 Å². The molecule has 1 aromatic heterocycles. The molecule has 0 spiro atoms. The zero-order valence-electron chi connectivity index (χ0n) is 15.6. The molecule has 130 valence electrons. The number of benzene rings is 1. The van der Waals surface area contributed by atoms with Gasteiger partial charge in [0.15, 0.2) is 0 Å². The van der Waals surface area contributed by atoms with Crippen molar-refractivity contribution in [2.24, 2.45) is 11.8 Å². The summed E-state index contributed by atoms with van der Waals surface area (Å²) in [5, 5.41) is 0. The van der Waals surface area contributed by atoms with E-state index in [4.69, 9.17) is 0 Å². The Morgan fingerprint density at radius 1 is 1.00 bits per heavy atom. The van der Waals surface area contributed by atoms with Crippen LogP contribution in [0.25, 0.3) is 0 Å². The molecule has 0 bridgehead atoms. The average molecular weight is 326 g/mol. The molecule has 0 aliphatic carbocycles. The fourth-order valence-corrected chi connectivity index (χ4v) is 2.82. The van der Waals surface area contributed by atoms with Gasteiger partial charge in [-0.25, -0.2) is 0 Å². The molecule has 1 unspecified atom stereocenters. The van der Waals surface area contributed by atoms with Gasteiger partial charge in [-0.05, 0) is 30.5 Å². The van der Waals surface area contributed by atoms with Gasteiger partial charge in [-0.1, -0.05) is 58.0 Å². The Morgan fingerprint density at radius 2 is 1.67 bits per heavy atom. The fraction of sp³-hybridized carbons (Fsp3) is 0.476. The van der Waals surface area contributed by atoms with Crippen LogP contribution in [0.4, 0.5) is 0 Å². The highest BCUT2D eigenvalue weighted by Gasteiger charge is 2.25. The van der Waals surface area contributed by atoms with Gasteiger partial charge in [-0.2, -0.15) is 0 Å². The van der Waals surface area contributed by atoms with Crippen molar-refractivity contribution in [1.29, 1.82) is 0 Å². The minimum absolute atomic E-state index is 0.0173. The minimum Gasteiger partial charge on any atom is -0.345 e. The molecule has 3 nitrogen and oxygen atoms in total. The molecule has 0 aliphatic heterocycles. The zero-order valence-corrected chi connectivity index (χ0v) is 15.6. The molecule has 0 aliphatic rings. The lowest BCUT2D eigenvalue weighted by atomic mass is 10.0. The van der Waals surface area contributed by atoms with Crippen molar-refractivity contribution in [3.05, 3.63) is 59.9 Å². The second kappa shape index (κ2) is 8.18. The third-order valence-electron chi connectivity index (χ3n) is 4.69. The summed E-state index contributed by atoms with van der Waals surface area (Å²) >= 11 is 0. The van der Waals surface area contributed by atoms with Gasteiger partial charge in [-0.3, -0.25) is 4.79 Å². The molecule has 0 N–H and O–H groups in total. The molecule has 2 aromatic rings. The summed E-state index contributed by atoms with van der Waals surface area (Å²) in [5.41, 5.74) is 2.45. The molecule has 1 heterocycles. The third kappa shape index (κ3) is 4.50. The first-order valence-corrected chi connectivity index (χ1v) is 8.88. The van der Waals surface area contributed by atoms with E-state index < -0.39 is 0 Å². The van der Waals surface area contributed by atoms with Gasteiger partial charge in [0.05, 0.1) is 6.54 Å². The summed E-state index contributed by atoms with van der Waals surface area (Å²) in [4.78, 5) is 14.7. The van der Waals surface area contributed by atoms with Crippen molar-refractivity contribution in [2.45, 2.75) is 53.8 Å². The van der Waals surface area contributed by atoms with Gasteiger partial charge >= 0.3 is 0 Å². The van der Waals surface area contributed by atoms with E-state index >= 15 is 0 Å². The lowest BCUT2D eigenvalue weighted by Crippen LogP contribution is -2.43. The lowest BCUT2D eigenvalue weighted by Gasteiger charge is -2.33. The normalized spacial score (nSPS) is 12.6. The maximum atomic E-state index is 12.7. The number of hydrogen-bond acceptors (Lipinski definition) is 1. The monoisotopic (exact) mass is 326 g/mol. The molecule has 1 aromatic carbocycles. The summed E-state index contributed by atoms with van der Waals surface area (Å²) in [6, 6.07) is 14.8. The molecule has 0 fully saturated rings. The van der Waals surface area contributed by atoms with E-state index in [1.807, 2.05) is 24.8 Å². The van der Waals surface area contributed by atoms with Gasteiger partial charge in [0, 0.05) is 30.4 Å².